The molecule has 0 bridgehead atoms. The molecular formula is C13H19N3O2S. The van der Waals surface area contributed by atoms with Crippen LogP contribution in [0.1, 0.15) is 31.4 Å². The summed E-state index contributed by atoms with van der Waals surface area (Å²) in [7, 11) is -3.45. The second-order valence-electron chi connectivity index (χ2n) is 5.51. The lowest BCUT2D eigenvalue weighted by Gasteiger charge is -2.17. The van der Waals surface area contributed by atoms with Gasteiger partial charge < -0.3 is 5.73 Å². The van der Waals surface area contributed by atoms with Crippen molar-refractivity contribution in [2.45, 2.75) is 43.2 Å². The zero-order valence-electron chi connectivity index (χ0n) is 10.7. The molecular weight excluding hydrogens is 262 g/mol. The Morgan fingerprint density at radius 3 is 2.32 bits per heavy atom. The Bertz CT molecular complexity index is 536. The highest BCUT2D eigenvalue weighted by atomic mass is 32.2. The lowest BCUT2D eigenvalue weighted by molar-refractivity contribution is 0.471. The van der Waals surface area contributed by atoms with E-state index in [9.17, 15) is 8.42 Å². The third-order valence-corrected chi connectivity index (χ3v) is 5.31. The molecule has 1 aromatic heterocycles. The normalized spacial score (nSPS) is 19.9. The van der Waals surface area contributed by atoms with E-state index >= 15 is 0 Å². The van der Waals surface area contributed by atoms with Crippen LogP contribution in [0.2, 0.25) is 0 Å². The van der Waals surface area contributed by atoms with Gasteiger partial charge in [0, 0.05) is 18.8 Å². The minimum Gasteiger partial charge on any atom is -0.325 e. The van der Waals surface area contributed by atoms with E-state index in [2.05, 4.69) is 9.71 Å². The summed E-state index contributed by atoms with van der Waals surface area (Å²) in [6.45, 7) is 0.320. The first-order valence-electron chi connectivity index (χ1n) is 6.77. The lowest BCUT2D eigenvalue weighted by atomic mass is 10.1. The molecule has 2 saturated carbocycles. The average molecular weight is 281 g/mol. The SMILES string of the molecule is NCc1ccc(S(=O)(=O)NC(C2CC2)C2CC2)cn1. The third-order valence-electron chi connectivity index (χ3n) is 3.87. The molecule has 2 aliphatic rings. The molecule has 0 atom stereocenters. The van der Waals surface area contributed by atoms with Gasteiger partial charge in [-0.25, -0.2) is 13.1 Å². The van der Waals surface area contributed by atoms with Gasteiger partial charge in [0.2, 0.25) is 10.0 Å². The molecule has 2 aliphatic carbocycles. The summed E-state index contributed by atoms with van der Waals surface area (Å²) in [4.78, 5) is 4.28. The van der Waals surface area contributed by atoms with E-state index < -0.39 is 10.0 Å². The van der Waals surface area contributed by atoms with Crippen molar-refractivity contribution in [2.24, 2.45) is 17.6 Å². The maximum absolute atomic E-state index is 12.3. The molecule has 0 amide bonds. The molecule has 0 spiro atoms. The summed E-state index contributed by atoms with van der Waals surface area (Å²) < 4.78 is 27.5. The number of hydrogen-bond donors (Lipinski definition) is 2. The van der Waals surface area contributed by atoms with E-state index in [0.29, 0.717) is 24.1 Å². The first-order chi connectivity index (χ1) is 9.10. The quantitative estimate of drug-likeness (QED) is 0.815. The van der Waals surface area contributed by atoms with Gasteiger partial charge in [0.25, 0.3) is 0 Å². The number of hydrogen-bond acceptors (Lipinski definition) is 4. The zero-order valence-corrected chi connectivity index (χ0v) is 11.6. The molecule has 104 valence electrons. The predicted molar refractivity (Wildman–Crippen MR) is 71.7 cm³/mol. The van der Waals surface area contributed by atoms with E-state index in [-0.39, 0.29) is 10.9 Å². The van der Waals surface area contributed by atoms with Gasteiger partial charge in [-0.05, 0) is 49.7 Å². The van der Waals surface area contributed by atoms with Crippen LogP contribution in [0.4, 0.5) is 0 Å². The maximum Gasteiger partial charge on any atom is 0.242 e. The second-order valence-corrected chi connectivity index (χ2v) is 7.23. The van der Waals surface area contributed by atoms with Crippen LogP contribution < -0.4 is 10.5 Å². The highest BCUT2D eigenvalue weighted by Crippen LogP contribution is 2.45. The van der Waals surface area contributed by atoms with Gasteiger partial charge in [-0.3, -0.25) is 4.98 Å². The molecule has 5 nitrogen and oxygen atoms in total. The molecule has 3 rings (SSSR count). The molecule has 0 saturated heterocycles. The molecule has 19 heavy (non-hydrogen) atoms. The molecule has 0 aromatic carbocycles. The fourth-order valence-corrected chi connectivity index (χ4v) is 3.74. The summed E-state index contributed by atoms with van der Waals surface area (Å²) in [6, 6.07) is 3.37. The van der Waals surface area contributed by atoms with Crippen molar-refractivity contribution in [1.82, 2.24) is 9.71 Å². The summed E-state index contributed by atoms with van der Waals surface area (Å²) >= 11 is 0. The van der Waals surface area contributed by atoms with Gasteiger partial charge in [0.05, 0.1) is 5.69 Å². The van der Waals surface area contributed by atoms with Crippen LogP contribution in [0.15, 0.2) is 23.2 Å². The highest BCUT2D eigenvalue weighted by Gasteiger charge is 2.43. The van der Waals surface area contributed by atoms with Crippen LogP contribution >= 0.6 is 0 Å². The average Bonchev–Trinajstić information content (AvgIpc) is 3.29. The number of nitrogens with zero attached hydrogens (tertiary/aromatic N) is 1. The smallest absolute Gasteiger partial charge is 0.242 e. The van der Waals surface area contributed by atoms with E-state index in [4.69, 9.17) is 5.73 Å². The van der Waals surface area contributed by atoms with Gasteiger partial charge in [0.15, 0.2) is 0 Å². The minimum atomic E-state index is -3.45. The fraction of sp³-hybridized carbons (Fsp3) is 0.615. The monoisotopic (exact) mass is 281 g/mol. The summed E-state index contributed by atoms with van der Waals surface area (Å²) in [5.74, 6) is 1.08. The van der Waals surface area contributed by atoms with E-state index in [1.165, 1.54) is 6.20 Å². The summed E-state index contributed by atoms with van der Waals surface area (Å²) in [6.07, 6.45) is 5.98. The summed E-state index contributed by atoms with van der Waals surface area (Å²) in [5.41, 5.74) is 6.15. The predicted octanol–water partition coefficient (Wildman–Crippen LogP) is 1.01. The second kappa shape index (κ2) is 4.85. The van der Waals surface area contributed by atoms with E-state index in [0.717, 1.165) is 25.7 Å². The Morgan fingerprint density at radius 2 is 1.89 bits per heavy atom. The van der Waals surface area contributed by atoms with Crippen LogP contribution in [0.25, 0.3) is 0 Å². The van der Waals surface area contributed by atoms with Crippen molar-refractivity contribution in [3.63, 3.8) is 0 Å². The molecule has 3 N–H and O–H groups in total. The van der Waals surface area contributed by atoms with Crippen LogP contribution in [0.5, 0.6) is 0 Å². The van der Waals surface area contributed by atoms with Crippen molar-refractivity contribution in [3.05, 3.63) is 24.0 Å². The van der Waals surface area contributed by atoms with E-state index in [1.807, 2.05) is 0 Å². The molecule has 0 unspecified atom stereocenters. The van der Waals surface area contributed by atoms with Crippen LogP contribution in [0, 0.1) is 11.8 Å². The van der Waals surface area contributed by atoms with Gasteiger partial charge in [0.1, 0.15) is 4.90 Å². The highest BCUT2D eigenvalue weighted by molar-refractivity contribution is 7.89. The molecule has 0 aliphatic heterocycles. The lowest BCUT2D eigenvalue weighted by Crippen LogP contribution is -2.38. The first-order valence-corrected chi connectivity index (χ1v) is 8.26. The number of sulfonamides is 1. The fourth-order valence-electron chi connectivity index (χ4n) is 2.43. The van der Waals surface area contributed by atoms with Gasteiger partial charge in [-0.1, -0.05) is 0 Å². The van der Waals surface area contributed by atoms with Crippen molar-refractivity contribution in [3.8, 4) is 0 Å². The molecule has 1 heterocycles. The topological polar surface area (TPSA) is 85.1 Å². The van der Waals surface area contributed by atoms with E-state index in [1.54, 1.807) is 12.1 Å². The maximum atomic E-state index is 12.3. The zero-order chi connectivity index (χ0) is 13.5. The van der Waals surface area contributed by atoms with Gasteiger partial charge in [-0.2, -0.15) is 0 Å². The third kappa shape index (κ3) is 2.96. The first kappa shape index (κ1) is 13.0. The standard InChI is InChI=1S/C13H19N3O2S/c14-7-11-5-6-12(8-15-11)19(17,18)16-13(9-1-2-9)10-3-4-10/h5-6,8-10,13,16H,1-4,7,14H2. The van der Waals surface area contributed by atoms with Crippen LogP contribution in [-0.2, 0) is 16.6 Å². The van der Waals surface area contributed by atoms with Gasteiger partial charge in [-0.15, -0.1) is 0 Å². The number of aromatic nitrogens is 1. The largest absolute Gasteiger partial charge is 0.325 e. The van der Waals surface area contributed by atoms with Crippen molar-refractivity contribution >= 4 is 10.0 Å². The van der Waals surface area contributed by atoms with Crippen molar-refractivity contribution in [2.75, 3.05) is 0 Å². The molecule has 6 heteroatoms. The van der Waals surface area contributed by atoms with Gasteiger partial charge >= 0.3 is 0 Å². The van der Waals surface area contributed by atoms with Crippen LogP contribution in [-0.4, -0.2) is 19.4 Å². The number of nitrogens with two attached hydrogens (primary N) is 1. The van der Waals surface area contributed by atoms with Crippen LogP contribution in [0.3, 0.4) is 0 Å². The molecule has 2 fully saturated rings. The Balaban J connectivity index is 1.76. The van der Waals surface area contributed by atoms with Crippen molar-refractivity contribution in [1.29, 1.82) is 0 Å². The Labute approximate surface area is 113 Å². The Morgan fingerprint density at radius 1 is 1.26 bits per heavy atom. The Kier molecular flexibility index (Phi) is 3.32. The molecule has 1 aromatic rings. The summed E-state index contributed by atoms with van der Waals surface area (Å²) in [5, 5.41) is 0. The number of pyridine rings is 1. The minimum absolute atomic E-state index is 0.124. The molecule has 0 radical (unpaired) electrons. The Hall–Kier alpha value is -0.980. The number of nitrogens with one attached hydrogen (secondary N) is 1. The van der Waals surface area contributed by atoms with Crippen molar-refractivity contribution < 1.29 is 8.42 Å². The number of rotatable bonds is 6.